The van der Waals surface area contributed by atoms with Crippen molar-refractivity contribution in [2.24, 2.45) is 5.92 Å². The first-order valence-electron chi connectivity index (χ1n) is 6.99. The molecule has 0 radical (unpaired) electrons. The fourth-order valence-corrected chi connectivity index (χ4v) is 4.29. The van der Waals surface area contributed by atoms with Gasteiger partial charge in [-0.25, -0.2) is 0 Å². The molecule has 0 spiro atoms. The summed E-state index contributed by atoms with van der Waals surface area (Å²) < 4.78 is 6.10. The second kappa shape index (κ2) is 3.14. The van der Waals surface area contributed by atoms with Crippen LogP contribution in [-0.4, -0.2) is 6.10 Å². The van der Waals surface area contributed by atoms with Gasteiger partial charge in [0.1, 0.15) is 5.60 Å². The topological polar surface area (TPSA) is 12.5 Å². The van der Waals surface area contributed by atoms with Crippen LogP contribution in [0.2, 0.25) is 0 Å². The predicted molar refractivity (Wildman–Crippen MR) is 68.1 cm³/mol. The molecule has 17 heavy (non-hydrogen) atoms. The van der Waals surface area contributed by atoms with Gasteiger partial charge in [-0.15, -0.1) is 0 Å². The van der Waals surface area contributed by atoms with Gasteiger partial charge in [-0.05, 0) is 49.7 Å². The number of benzene rings is 1. The third-order valence-electron chi connectivity index (χ3n) is 5.21. The molecule has 1 saturated heterocycles. The SMILES string of the molecule is Cc1ccc2c(c1)[C@@H]1CCCC[C@@H]1[C@@H]1O[C@]21C. The van der Waals surface area contributed by atoms with E-state index in [1.54, 1.807) is 5.56 Å². The zero-order valence-electron chi connectivity index (χ0n) is 10.7. The highest BCUT2D eigenvalue weighted by Crippen LogP contribution is 2.62. The number of hydrogen-bond donors (Lipinski definition) is 0. The summed E-state index contributed by atoms with van der Waals surface area (Å²) in [5, 5.41) is 0. The number of epoxide rings is 1. The summed E-state index contributed by atoms with van der Waals surface area (Å²) >= 11 is 0. The first-order valence-corrected chi connectivity index (χ1v) is 6.99. The van der Waals surface area contributed by atoms with Crippen LogP contribution in [0.4, 0.5) is 0 Å². The van der Waals surface area contributed by atoms with Gasteiger partial charge in [0.05, 0.1) is 6.10 Å². The van der Waals surface area contributed by atoms with Gasteiger partial charge in [-0.3, -0.25) is 0 Å². The summed E-state index contributed by atoms with van der Waals surface area (Å²) in [5.41, 5.74) is 4.54. The fourth-order valence-electron chi connectivity index (χ4n) is 4.29. The van der Waals surface area contributed by atoms with Crippen LogP contribution in [0.5, 0.6) is 0 Å². The van der Waals surface area contributed by atoms with Gasteiger partial charge in [0.2, 0.25) is 0 Å². The Morgan fingerprint density at radius 2 is 2.06 bits per heavy atom. The van der Waals surface area contributed by atoms with Gasteiger partial charge in [0.25, 0.3) is 0 Å². The normalized spacial score (nSPS) is 42.4. The Hall–Kier alpha value is -0.820. The van der Waals surface area contributed by atoms with E-state index in [1.807, 2.05) is 0 Å². The molecule has 3 aliphatic rings. The van der Waals surface area contributed by atoms with E-state index in [0.29, 0.717) is 6.10 Å². The number of rotatable bonds is 0. The first kappa shape index (κ1) is 10.1. The second-order valence-corrected chi connectivity index (χ2v) is 6.29. The highest BCUT2D eigenvalue weighted by Gasteiger charge is 2.63. The second-order valence-electron chi connectivity index (χ2n) is 6.29. The number of ether oxygens (including phenoxy) is 1. The smallest absolute Gasteiger partial charge is 0.117 e. The van der Waals surface area contributed by atoms with Crippen LogP contribution in [0.25, 0.3) is 0 Å². The van der Waals surface area contributed by atoms with E-state index < -0.39 is 0 Å². The third kappa shape index (κ3) is 1.24. The molecule has 0 aromatic heterocycles. The summed E-state index contributed by atoms with van der Waals surface area (Å²) in [7, 11) is 0. The van der Waals surface area contributed by atoms with Crippen LogP contribution in [0.15, 0.2) is 18.2 Å². The first-order chi connectivity index (χ1) is 8.20. The minimum absolute atomic E-state index is 0.0571. The molecule has 1 nitrogen and oxygen atoms in total. The maximum Gasteiger partial charge on any atom is 0.117 e. The molecule has 0 N–H and O–H groups in total. The molecule has 4 atom stereocenters. The number of fused-ring (bicyclic) bond motifs is 6. The molecule has 1 aromatic carbocycles. The van der Waals surface area contributed by atoms with E-state index in [1.165, 1.54) is 36.8 Å². The van der Waals surface area contributed by atoms with Crippen LogP contribution >= 0.6 is 0 Å². The predicted octanol–water partition coefficient (Wildman–Crippen LogP) is 3.90. The average Bonchev–Trinajstić information content (AvgIpc) is 3.03. The summed E-state index contributed by atoms with van der Waals surface area (Å²) in [6.45, 7) is 4.50. The monoisotopic (exact) mass is 228 g/mol. The molecule has 1 heterocycles. The molecule has 2 fully saturated rings. The zero-order valence-corrected chi connectivity index (χ0v) is 10.7. The Balaban J connectivity index is 1.89. The lowest BCUT2D eigenvalue weighted by Gasteiger charge is -2.37. The van der Waals surface area contributed by atoms with Crippen LogP contribution in [0.1, 0.15) is 55.2 Å². The van der Waals surface area contributed by atoms with Crippen LogP contribution in [-0.2, 0) is 10.3 Å². The lowest BCUT2D eigenvalue weighted by atomic mass is 9.65. The van der Waals surface area contributed by atoms with Crippen molar-refractivity contribution in [3.05, 3.63) is 34.9 Å². The Kier molecular flexibility index (Phi) is 1.87. The van der Waals surface area contributed by atoms with Crippen LogP contribution in [0, 0.1) is 12.8 Å². The molecule has 0 bridgehead atoms. The number of hydrogen-bond acceptors (Lipinski definition) is 1. The molecular weight excluding hydrogens is 208 g/mol. The van der Waals surface area contributed by atoms with Gasteiger partial charge in [0, 0.05) is 0 Å². The van der Waals surface area contributed by atoms with Crippen molar-refractivity contribution in [1.29, 1.82) is 0 Å². The number of aryl methyl sites for hydroxylation is 1. The molecule has 2 aliphatic carbocycles. The average molecular weight is 228 g/mol. The highest BCUT2D eigenvalue weighted by molar-refractivity contribution is 5.45. The Morgan fingerprint density at radius 3 is 2.94 bits per heavy atom. The molecule has 4 rings (SSSR count). The van der Waals surface area contributed by atoms with E-state index in [9.17, 15) is 0 Å². The van der Waals surface area contributed by atoms with E-state index in [4.69, 9.17) is 4.74 Å². The molecule has 90 valence electrons. The minimum atomic E-state index is 0.0571. The molecule has 1 aliphatic heterocycles. The highest BCUT2D eigenvalue weighted by atomic mass is 16.6. The van der Waals surface area contributed by atoms with Crippen molar-refractivity contribution in [2.75, 3.05) is 0 Å². The van der Waals surface area contributed by atoms with E-state index in [-0.39, 0.29) is 5.60 Å². The zero-order chi connectivity index (χ0) is 11.6. The lowest BCUT2D eigenvalue weighted by molar-refractivity contribution is 0.236. The van der Waals surface area contributed by atoms with Crippen LogP contribution in [0.3, 0.4) is 0 Å². The largest absolute Gasteiger partial charge is 0.361 e. The third-order valence-corrected chi connectivity index (χ3v) is 5.21. The minimum Gasteiger partial charge on any atom is -0.361 e. The maximum atomic E-state index is 6.10. The molecule has 0 unspecified atom stereocenters. The Morgan fingerprint density at radius 1 is 1.24 bits per heavy atom. The Labute approximate surface area is 103 Å². The van der Waals surface area contributed by atoms with Gasteiger partial charge in [-0.2, -0.15) is 0 Å². The van der Waals surface area contributed by atoms with E-state index in [2.05, 4.69) is 32.0 Å². The summed E-state index contributed by atoms with van der Waals surface area (Å²) in [4.78, 5) is 0. The molecular formula is C16H20O. The molecule has 1 saturated carbocycles. The van der Waals surface area contributed by atoms with Crippen molar-refractivity contribution in [2.45, 2.75) is 57.2 Å². The lowest BCUT2D eigenvalue weighted by Crippen LogP contribution is -2.32. The quantitative estimate of drug-likeness (QED) is 0.614. The van der Waals surface area contributed by atoms with Gasteiger partial charge >= 0.3 is 0 Å². The van der Waals surface area contributed by atoms with E-state index >= 15 is 0 Å². The van der Waals surface area contributed by atoms with Crippen molar-refractivity contribution in [3.63, 3.8) is 0 Å². The standard InChI is InChI=1S/C16H20O/c1-10-7-8-14-13(9-10)11-5-3-4-6-12(11)15-16(14,2)17-15/h7-9,11-12,15H,3-6H2,1-2H3/t11-,12+,15+,16-/m1/s1. The van der Waals surface area contributed by atoms with Gasteiger partial charge in [0.15, 0.2) is 0 Å². The maximum absolute atomic E-state index is 6.10. The summed E-state index contributed by atoms with van der Waals surface area (Å²) in [6.07, 6.45) is 6.06. The molecule has 0 amide bonds. The van der Waals surface area contributed by atoms with Crippen molar-refractivity contribution < 1.29 is 4.74 Å². The van der Waals surface area contributed by atoms with Gasteiger partial charge in [-0.1, -0.05) is 36.6 Å². The molecule has 1 heteroatoms. The Bertz CT molecular complexity index is 478. The van der Waals surface area contributed by atoms with Crippen molar-refractivity contribution in [1.82, 2.24) is 0 Å². The van der Waals surface area contributed by atoms with Crippen LogP contribution < -0.4 is 0 Å². The summed E-state index contributed by atoms with van der Waals surface area (Å²) in [6, 6.07) is 6.98. The van der Waals surface area contributed by atoms with Gasteiger partial charge < -0.3 is 4.74 Å². The van der Waals surface area contributed by atoms with Crippen molar-refractivity contribution >= 4 is 0 Å². The molecule has 1 aromatic rings. The van der Waals surface area contributed by atoms with E-state index in [0.717, 1.165) is 11.8 Å². The summed E-state index contributed by atoms with van der Waals surface area (Å²) in [5.74, 6) is 1.57. The fraction of sp³-hybridized carbons (Fsp3) is 0.625. The van der Waals surface area contributed by atoms with Crippen molar-refractivity contribution in [3.8, 4) is 0 Å².